The van der Waals surface area contributed by atoms with E-state index >= 15 is 0 Å². The summed E-state index contributed by atoms with van der Waals surface area (Å²) in [7, 11) is 1.89. The number of aryl methyl sites for hydroxylation is 1. The van der Waals surface area contributed by atoms with Gasteiger partial charge in [-0.3, -0.25) is 4.68 Å². The first-order chi connectivity index (χ1) is 6.26. The highest BCUT2D eigenvalue weighted by Crippen LogP contribution is 2.00. The molecule has 1 unspecified atom stereocenters. The first-order valence-corrected chi connectivity index (χ1v) is 4.58. The van der Waals surface area contributed by atoms with E-state index in [9.17, 15) is 0 Å². The molecule has 2 N–H and O–H groups in total. The Morgan fingerprint density at radius 3 is 2.92 bits per heavy atom. The highest BCUT2D eigenvalue weighted by molar-refractivity contribution is 5.05. The van der Waals surface area contributed by atoms with Crippen LogP contribution in [0.2, 0.25) is 0 Å². The Labute approximate surface area is 78.6 Å². The molecule has 4 heteroatoms. The maximum Gasteiger partial charge on any atom is 0.0587 e. The van der Waals surface area contributed by atoms with Crippen molar-refractivity contribution in [2.75, 3.05) is 13.2 Å². The Morgan fingerprint density at radius 1 is 1.69 bits per heavy atom. The van der Waals surface area contributed by atoms with Crippen molar-refractivity contribution in [2.45, 2.75) is 19.4 Å². The Bertz CT molecular complexity index is 247. The molecular formula is C9H17N3O. The molecule has 13 heavy (non-hydrogen) atoms. The molecule has 0 saturated heterocycles. The first kappa shape index (κ1) is 10.2. The van der Waals surface area contributed by atoms with E-state index in [4.69, 9.17) is 5.11 Å². The average molecular weight is 183 g/mol. The Balaban J connectivity index is 2.46. The summed E-state index contributed by atoms with van der Waals surface area (Å²) in [6, 6.07) is 0.147. The SMILES string of the molecule is CCNC(CO)Cc1cnn(C)c1. The van der Waals surface area contributed by atoms with E-state index in [2.05, 4.69) is 10.4 Å². The summed E-state index contributed by atoms with van der Waals surface area (Å²) in [6.45, 7) is 3.08. The third-order valence-corrected chi connectivity index (χ3v) is 1.95. The number of likely N-dealkylation sites (N-methyl/N-ethyl adjacent to an activating group) is 1. The van der Waals surface area contributed by atoms with E-state index < -0.39 is 0 Å². The van der Waals surface area contributed by atoms with Crippen LogP contribution in [0.15, 0.2) is 12.4 Å². The fourth-order valence-electron chi connectivity index (χ4n) is 1.35. The Hall–Kier alpha value is -0.870. The fourth-order valence-corrected chi connectivity index (χ4v) is 1.35. The number of aliphatic hydroxyl groups is 1. The van der Waals surface area contributed by atoms with Crippen molar-refractivity contribution in [1.29, 1.82) is 0 Å². The topological polar surface area (TPSA) is 50.1 Å². The molecule has 0 spiro atoms. The first-order valence-electron chi connectivity index (χ1n) is 4.58. The number of nitrogens with one attached hydrogen (secondary N) is 1. The van der Waals surface area contributed by atoms with Gasteiger partial charge in [0.2, 0.25) is 0 Å². The standard InChI is InChI=1S/C9H17N3O/c1-3-10-9(7-13)4-8-5-11-12(2)6-8/h5-6,9-10,13H,3-4,7H2,1-2H3. The third kappa shape index (κ3) is 3.16. The van der Waals surface area contributed by atoms with Crippen LogP contribution in [0.1, 0.15) is 12.5 Å². The smallest absolute Gasteiger partial charge is 0.0587 e. The lowest BCUT2D eigenvalue weighted by Gasteiger charge is -2.13. The number of nitrogens with zero attached hydrogens (tertiary/aromatic N) is 2. The second-order valence-electron chi connectivity index (χ2n) is 3.16. The molecular weight excluding hydrogens is 166 g/mol. The van der Waals surface area contributed by atoms with Crippen molar-refractivity contribution in [1.82, 2.24) is 15.1 Å². The van der Waals surface area contributed by atoms with Crippen molar-refractivity contribution >= 4 is 0 Å². The summed E-state index contributed by atoms with van der Waals surface area (Å²) >= 11 is 0. The van der Waals surface area contributed by atoms with Crippen LogP contribution in [0, 0.1) is 0 Å². The normalized spacial score (nSPS) is 13.2. The van der Waals surface area contributed by atoms with Crippen LogP contribution in [0.5, 0.6) is 0 Å². The molecule has 1 aromatic heterocycles. The molecule has 1 atom stereocenters. The van der Waals surface area contributed by atoms with Crippen molar-refractivity contribution in [3.8, 4) is 0 Å². The van der Waals surface area contributed by atoms with Gasteiger partial charge in [-0.2, -0.15) is 5.10 Å². The number of rotatable bonds is 5. The van der Waals surface area contributed by atoms with Gasteiger partial charge in [-0.1, -0.05) is 6.92 Å². The minimum absolute atomic E-state index is 0.147. The van der Waals surface area contributed by atoms with Crippen molar-refractivity contribution in [3.63, 3.8) is 0 Å². The molecule has 0 amide bonds. The van der Waals surface area contributed by atoms with Gasteiger partial charge in [0.1, 0.15) is 0 Å². The molecule has 74 valence electrons. The maximum atomic E-state index is 9.04. The molecule has 0 radical (unpaired) electrons. The Kier molecular flexibility index (Phi) is 3.92. The van der Waals surface area contributed by atoms with Crippen molar-refractivity contribution in [2.24, 2.45) is 7.05 Å². The molecule has 0 aliphatic rings. The van der Waals surface area contributed by atoms with Gasteiger partial charge in [0.25, 0.3) is 0 Å². The highest BCUT2D eigenvalue weighted by Gasteiger charge is 2.07. The lowest BCUT2D eigenvalue weighted by molar-refractivity contribution is 0.243. The molecule has 0 bridgehead atoms. The molecule has 1 rings (SSSR count). The van der Waals surface area contributed by atoms with Crippen LogP contribution in [0.25, 0.3) is 0 Å². The molecule has 1 heterocycles. The monoisotopic (exact) mass is 183 g/mol. The number of hydrogen-bond donors (Lipinski definition) is 2. The number of aliphatic hydroxyl groups excluding tert-OH is 1. The van der Waals surface area contributed by atoms with E-state index in [0.29, 0.717) is 0 Å². The van der Waals surface area contributed by atoms with Crippen molar-refractivity contribution in [3.05, 3.63) is 18.0 Å². The second kappa shape index (κ2) is 4.99. The fraction of sp³-hybridized carbons (Fsp3) is 0.667. The van der Waals surface area contributed by atoms with Crippen LogP contribution in [-0.4, -0.2) is 34.1 Å². The van der Waals surface area contributed by atoms with Gasteiger partial charge in [0.05, 0.1) is 12.8 Å². The van der Waals surface area contributed by atoms with Gasteiger partial charge >= 0.3 is 0 Å². The maximum absolute atomic E-state index is 9.04. The predicted octanol–water partition coefficient (Wildman–Crippen LogP) is -0.0670. The van der Waals surface area contributed by atoms with E-state index in [-0.39, 0.29) is 12.6 Å². The van der Waals surface area contributed by atoms with Crippen LogP contribution < -0.4 is 5.32 Å². The molecule has 0 fully saturated rings. The summed E-state index contributed by atoms with van der Waals surface area (Å²) in [6.07, 6.45) is 4.64. The summed E-state index contributed by atoms with van der Waals surface area (Å²) < 4.78 is 1.77. The third-order valence-electron chi connectivity index (χ3n) is 1.95. The van der Waals surface area contributed by atoms with E-state index in [0.717, 1.165) is 18.5 Å². The summed E-state index contributed by atoms with van der Waals surface area (Å²) in [4.78, 5) is 0. The van der Waals surface area contributed by atoms with E-state index in [1.54, 1.807) is 4.68 Å². The van der Waals surface area contributed by atoms with Crippen LogP contribution in [0.4, 0.5) is 0 Å². The van der Waals surface area contributed by atoms with Gasteiger partial charge in [-0.25, -0.2) is 0 Å². The van der Waals surface area contributed by atoms with Crippen LogP contribution in [-0.2, 0) is 13.5 Å². The van der Waals surface area contributed by atoms with Crippen molar-refractivity contribution < 1.29 is 5.11 Å². The Morgan fingerprint density at radius 2 is 2.46 bits per heavy atom. The second-order valence-corrected chi connectivity index (χ2v) is 3.16. The summed E-state index contributed by atoms with van der Waals surface area (Å²) in [5.74, 6) is 0. The molecule has 0 saturated carbocycles. The highest BCUT2D eigenvalue weighted by atomic mass is 16.3. The quantitative estimate of drug-likeness (QED) is 0.672. The minimum Gasteiger partial charge on any atom is -0.395 e. The van der Waals surface area contributed by atoms with Gasteiger partial charge in [-0.05, 0) is 18.5 Å². The van der Waals surface area contributed by atoms with E-state index in [1.807, 2.05) is 26.4 Å². The predicted molar refractivity (Wildman–Crippen MR) is 51.5 cm³/mol. The van der Waals surface area contributed by atoms with E-state index in [1.165, 1.54) is 0 Å². The largest absolute Gasteiger partial charge is 0.395 e. The zero-order valence-electron chi connectivity index (χ0n) is 8.20. The summed E-state index contributed by atoms with van der Waals surface area (Å²) in [5.41, 5.74) is 1.16. The van der Waals surface area contributed by atoms with Crippen LogP contribution in [0.3, 0.4) is 0 Å². The molecule has 0 aromatic carbocycles. The van der Waals surface area contributed by atoms with Gasteiger partial charge < -0.3 is 10.4 Å². The molecule has 0 aliphatic heterocycles. The van der Waals surface area contributed by atoms with Gasteiger partial charge in [-0.15, -0.1) is 0 Å². The lowest BCUT2D eigenvalue weighted by Crippen LogP contribution is -2.34. The average Bonchev–Trinajstić information content (AvgIpc) is 2.50. The zero-order chi connectivity index (χ0) is 9.68. The molecule has 4 nitrogen and oxygen atoms in total. The van der Waals surface area contributed by atoms with Crippen LogP contribution >= 0.6 is 0 Å². The zero-order valence-corrected chi connectivity index (χ0v) is 8.20. The van der Waals surface area contributed by atoms with Gasteiger partial charge in [0.15, 0.2) is 0 Å². The summed E-state index contributed by atoms with van der Waals surface area (Å²) in [5, 5.41) is 16.3. The number of hydrogen-bond acceptors (Lipinski definition) is 3. The van der Waals surface area contributed by atoms with Gasteiger partial charge in [0, 0.05) is 19.3 Å². The minimum atomic E-state index is 0.147. The molecule has 1 aromatic rings. The number of aromatic nitrogens is 2. The lowest BCUT2D eigenvalue weighted by atomic mass is 10.1. The molecule has 0 aliphatic carbocycles.